The number of anilines is 1. The number of urea groups is 1. The summed E-state index contributed by atoms with van der Waals surface area (Å²) in [6.45, 7) is 2.39. The number of amides is 3. The zero-order valence-electron chi connectivity index (χ0n) is 19.7. The second kappa shape index (κ2) is 8.60. The maximum atomic E-state index is 13.2. The number of ether oxygens (including phenoxy) is 1. The molecule has 0 aliphatic carbocycles. The average Bonchev–Trinajstić information content (AvgIpc) is 3.27. The Morgan fingerprint density at radius 2 is 2.03 bits per heavy atom. The first-order valence-corrected chi connectivity index (χ1v) is 12.3. The maximum absolute atomic E-state index is 13.2. The number of aromatic nitrogens is 1. The van der Waals surface area contributed by atoms with Crippen LogP contribution in [-0.4, -0.2) is 29.2 Å². The largest absolute Gasteiger partial charge is 0.467 e. The molecule has 3 N–H and O–H groups in total. The minimum Gasteiger partial charge on any atom is -0.467 e. The summed E-state index contributed by atoms with van der Waals surface area (Å²) in [5.41, 5.74) is 3.28. The fourth-order valence-corrected chi connectivity index (χ4v) is 5.45. The first-order chi connectivity index (χ1) is 17.4. The monoisotopic (exact) mass is 500 g/mol. The maximum Gasteiger partial charge on any atom is 0.325 e. The Labute approximate surface area is 213 Å². The van der Waals surface area contributed by atoms with Crippen LogP contribution >= 0.6 is 11.6 Å². The van der Waals surface area contributed by atoms with E-state index in [0.717, 1.165) is 22.0 Å². The summed E-state index contributed by atoms with van der Waals surface area (Å²) >= 11 is 6.17. The van der Waals surface area contributed by atoms with Crippen LogP contribution in [0.4, 0.5) is 10.5 Å². The lowest BCUT2D eigenvalue weighted by Crippen LogP contribution is -2.65. The van der Waals surface area contributed by atoms with E-state index < -0.39 is 5.72 Å². The first kappa shape index (κ1) is 22.5. The van der Waals surface area contributed by atoms with E-state index in [4.69, 9.17) is 16.3 Å². The normalized spacial score (nSPS) is 20.4. The molecular formula is C28H25ClN4O3. The number of fused-ring (bicyclic) bond motifs is 5. The number of carbonyl (C=O) groups excluding carboxylic acids is 2. The molecule has 1 saturated heterocycles. The molecule has 0 spiro atoms. The molecule has 2 atom stereocenters. The van der Waals surface area contributed by atoms with Crippen molar-refractivity contribution in [3.8, 4) is 5.75 Å². The topological polar surface area (TPSA) is 86.5 Å². The highest BCUT2D eigenvalue weighted by Gasteiger charge is 2.50. The molecule has 0 saturated carbocycles. The number of aromatic amines is 1. The molecule has 6 rings (SSSR count). The van der Waals surface area contributed by atoms with Gasteiger partial charge in [-0.15, -0.1) is 0 Å². The quantitative estimate of drug-likeness (QED) is 0.335. The molecule has 36 heavy (non-hydrogen) atoms. The Hall–Kier alpha value is -3.97. The Morgan fingerprint density at radius 3 is 2.92 bits per heavy atom. The molecule has 182 valence electrons. The van der Waals surface area contributed by atoms with E-state index >= 15 is 0 Å². The number of benzene rings is 3. The molecule has 2 unspecified atom stereocenters. The van der Waals surface area contributed by atoms with Crippen LogP contribution in [-0.2, 0) is 6.42 Å². The van der Waals surface area contributed by atoms with E-state index in [1.165, 1.54) is 0 Å². The molecule has 0 radical (unpaired) electrons. The number of H-pyrrole nitrogens is 1. The van der Waals surface area contributed by atoms with Crippen LogP contribution in [0, 0.1) is 0 Å². The summed E-state index contributed by atoms with van der Waals surface area (Å²) in [6.07, 6.45) is 3.24. The Kier molecular flexibility index (Phi) is 5.38. The van der Waals surface area contributed by atoms with Crippen LogP contribution in [0.3, 0.4) is 0 Å². The van der Waals surface area contributed by atoms with Gasteiger partial charge >= 0.3 is 6.03 Å². The van der Waals surface area contributed by atoms with Gasteiger partial charge in [0.05, 0.1) is 11.7 Å². The van der Waals surface area contributed by atoms with Crippen molar-refractivity contribution in [2.45, 2.75) is 31.5 Å². The summed E-state index contributed by atoms with van der Waals surface area (Å²) in [4.78, 5) is 31.0. The van der Waals surface area contributed by atoms with E-state index in [-0.39, 0.29) is 18.0 Å². The Balaban J connectivity index is 1.19. The van der Waals surface area contributed by atoms with Crippen molar-refractivity contribution in [3.05, 3.63) is 94.6 Å². The minimum atomic E-state index is -0.904. The smallest absolute Gasteiger partial charge is 0.325 e. The van der Waals surface area contributed by atoms with E-state index in [1.807, 2.05) is 49.5 Å². The van der Waals surface area contributed by atoms with Crippen molar-refractivity contribution in [1.82, 2.24) is 15.6 Å². The van der Waals surface area contributed by atoms with Crippen molar-refractivity contribution in [2.24, 2.45) is 0 Å². The van der Waals surface area contributed by atoms with E-state index in [0.29, 0.717) is 41.4 Å². The number of hydrogen-bond acceptors (Lipinski definition) is 3. The average molecular weight is 501 g/mol. The standard InChI is InChI=1S/C28H25ClN4O3/c1-28-15-24(22-14-19(29)9-10-25(22)36-28)32-27(35)33(28)20-6-4-5-17(13-20)26(34)30-12-11-18-16-31-23-8-3-2-7-21(18)23/h2-10,13-14,16,24,31H,11-12,15H2,1H3,(H,30,34)(H,32,35). The summed E-state index contributed by atoms with van der Waals surface area (Å²) in [5, 5.41) is 7.82. The number of carbonyl (C=O) groups is 2. The highest BCUT2D eigenvalue weighted by atomic mass is 35.5. The zero-order valence-corrected chi connectivity index (χ0v) is 20.4. The molecule has 2 aliphatic rings. The van der Waals surface area contributed by atoms with E-state index in [1.54, 1.807) is 29.2 Å². The molecule has 7 nitrogen and oxygen atoms in total. The lowest BCUT2D eigenvalue weighted by atomic mass is 9.90. The Bertz CT molecular complexity index is 1500. The van der Waals surface area contributed by atoms with Crippen molar-refractivity contribution >= 4 is 40.1 Å². The number of nitrogens with zero attached hydrogens (tertiary/aromatic N) is 1. The number of nitrogens with one attached hydrogen (secondary N) is 3. The van der Waals surface area contributed by atoms with Gasteiger partial charge < -0.3 is 20.4 Å². The van der Waals surface area contributed by atoms with Gasteiger partial charge in [-0.1, -0.05) is 35.9 Å². The van der Waals surface area contributed by atoms with Crippen molar-refractivity contribution in [1.29, 1.82) is 0 Å². The van der Waals surface area contributed by atoms with Crippen LogP contribution < -0.4 is 20.3 Å². The van der Waals surface area contributed by atoms with Gasteiger partial charge in [0.1, 0.15) is 5.75 Å². The SMILES string of the molecule is CC12CC(NC(=O)N1c1cccc(C(=O)NCCc3c[nH]c4ccccc34)c1)c1cc(Cl)ccc1O2. The van der Waals surface area contributed by atoms with Gasteiger partial charge in [-0.3, -0.25) is 9.69 Å². The van der Waals surface area contributed by atoms with Crippen LogP contribution in [0.1, 0.15) is 40.9 Å². The van der Waals surface area contributed by atoms with Crippen LogP contribution in [0.2, 0.25) is 5.02 Å². The third-order valence-corrected chi connectivity index (χ3v) is 7.19. The van der Waals surface area contributed by atoms with Gasteiger partial charge in [0.2, 0.25) is 0 Å². The van der Waals surface area contributed by atoms with Gasteiger partial charge in [0.25, 0.3) is 5.91 Å². The van der Waals surface area contributed by atoms with Crippen molar-refractivity contribution in [2.75, 3.05) is 11.4 Å². The summed E-state index contributed by atoms with van der Waals surface area (Å²) < 4.78 is 6.33. The lowest BCUT2D eigenvalue weighted by Gasteiger charge is -2.50. The van der Waals surface area contributed by atoms with Crippen LogP contribution in [0.5, 0.6) is 5.75 Å². The van der Waals surface area contributed by atoms with E-state index in [2.05, 4.69) is 21.7 Å². The predicted octanol–water partition coefficient (Wildman–Crippen LogP) is 5.56. The molecular weight excluding hydrogens is 476 g/mol. The molecule has 3 amide bonds. The molecule has 2 aliphatic heterocycles. The fourth-order valence-electron chi connectivity index (χ4n) is 5.27. The zero-order chi connectivity index (χ0) is 24.9. The summed E-state index contributed by atoms with van der Waals surface area (Å²) in [5.74, 6) is 0.496. The highest BCUT2D eigenvalue weighted by molar-refractivity contribution is 6.30. The first-order valence-electron chi connectivity index (χ1n) is 11.9. The van der Waals surface area contributed by atoms with Gasteiger partial charge in [-0.2, -0.15) is 0 Å². The highest BCUT2D eigenvalue weighted by Crippen LogP contribution is 2.46. The van der Waals surface area contributed by atoms with Gasteiger partial charge in [-0.05, 0) is 61.4 Å². The third-order valence-electron chi connectivity index (χ3n) is 6.96. The van der Waals surface area contributed by atoms with Crippen LogP contribution in [0.25, 0.3) is 10.9 Å². The molecule has 4 aromatic rings. The van der Waals surface area contributed by atoms with Crippen molar-refractivity contribution < 1.29 is 14.3 Å². The number of halogens is 1. The molecule has 1 aromatic heterocycles. The second-order valence-corrected chi connectivity index (χ2v) is 9.85. The van der Waals surface area contributed by atoms with Crippen LogP contribution in [0.15, 0.2) is 72.9 Å². The molecule has 1 fully saturated rings. The van der Waals surface area contributed by atoms with Gasteiger partial charge in [0, 0.05) is 46.2 Å². The van der Waals surface area contributed by atoms with Gasteiger partial charge in [-0.25, -0.2) is 4.79 Å². The molecule has 2 bridgehead atoms. The number of para-hydroxylation sites is 1. The Morgan fingerprint density at radius 1 is 1.17 bits per heavy atom. The summed E-state index contributed by atoms with van der Waals surface area (Å²) in [7, 11) is 0. The molecule has 3 heterocycles. The third kappa shape index (κ3) is 3.85. The molecule has 3 aromatic carbocycles. The van der Waals surface area contributed by atoms with Crippen molar-refractivity contribution in [3.63, 3.8) is 0 Å². The fraction of sp³-hybridized carbons (Fsp3) is 0.214. The molecule has 8 heteroatoms. The van der Waals surface area contributed by atoms with E-state index in [9.17, 15) is 9.59 Å². The number of hydrogen-bond donors (Lipinski definition) is 3. The lowest BCUT2D eigenvalue weighted by molar-refractivity contribution is 0.0378. The minimum absolute atomic E-state index is 0.193. The van der Waals surface area contributed by atoms with Gasteiger partial charge in [0.15, 0.2) is 5.72 Å². The summed E-state index contributed by atoms with van der Waals surface area (Å²) in [6, 6.07) is 20.1. The number of rotatable bonds is 5. The second-order valence-electron chi connectivity index (χ2n) is 9.42. The predicted molar refractivity (Wildman–Crippen MR) is 140 cm³/mol.